The zero-order chi connectivity index (χ0) is 17.9. The highest BCUT2D eigenvalue weighted by Gasteiger charge is 2.49. The largest absolute Gasteiger partial charge is 0.384 e. The number of carbonyl (C=O) groups excluding carboxylic acids is 2. The van der Waals surface area contributed by atoms with Crippen molar-refractivity contribution in [3.8, 4) is 0 Å². The molecule has 0 heterocycles. The molecule has 4 heteroatoms. The fourth-order valence-electron chi connectivity index (χ4n) is 4.10. The zero-order valence-electron chi connectivity index (χ0n) is 14.1. The lowest BCUT2D eigenvalue weighted by Gasteiger charge is -2.31. The van der Waals surface area contributed by atoms with Gasteiger partial charge in [-0.1, -0.05) is 48.6 Å². The van der Waals surface area contributed by atoms with Gasteiger partial charge in [-0.3, -0.25) is 9.59 Å². The van der Waals surface area contributed by atoms with Crippen molar-refractivity contribution < 1.29 is 19.8 Å². The first kappa shape index (κ1) is 16.2. The minimum atomic E-state index is -1.47. The fraction of sp³-hybridized carbons (Fsp3) is 0.333. The summed E-state index contributed by atoms with van der Waals surface area (Å²) in [7, 11) is 0. The first-order chi connectivity index (χ1) is 11.8. The molecule has 4 aliphatic rings. The molecule has 4 nitrogen and oxygen atoms in total. The molecule has 0 aromatic carbocycles. The van der Waals surface area contributed by atoms with E-state index in [1.807, 2.05) is 48.6 Å². The second-order valence-electron chi connectivity index (χ2n) is 7.53. The lowest BCUT2D eigenvalue weighted by Crippen LogP contribution is -2.49. The normalized spacial score (nSPS) is 23.5. The van der Waals surface area contributed by atoms with Crippen molar-refractivity contribution >= 4 is 11.6 Å². The molecule has 2 N–H and O–H groups in total. The Hall–Kier alpha value is -2.30. The van der Waals surface area contributed by atoms with E-state index in [4.69, 9.17) is 0 Å². The number of Topliss-reactive ketones (excluding diaryl/α,β-unsaturated/α-hetero) is 2. The van der Waals surface area contributed by atoms with Crippen LogP contribution < -0.4 is 0 Å². The maximum atomic E-state index is 12.9. The molecule has 2 atom stereocenters. The average Bonchev–Trinajstić information content (AvgIpc) is 3.38. The summed E-state index contributed by atoms with van der Waals surface area (Å²) >= 11 is 0. The first-order valence-electron chi connectivity index (χ1n) is 8.47. The second kappa shape index (κ2) is 5.35. The van der Waals surface area contributed by atoms with Crippen LogP contribution in [0, 0.1) is 17.3 Å². The smallest absolute Gasteiger partial charge is 0.175 e. The van der Waals surface area contributed by atoms with Crippen LogP contribution in [0.25, 0.3) is 0 Å². The SMILES string of the molecule is CC(C)(C(=O)C(O)C1C2=CC=C1C=C2)C(=O)C(O)C1C2=CC=C1C=C2. The molecule has 0 spiro atoms. The number of aliphatic hydroxyl groups is 2. The van der Waals surface area contributed by atoms with Gasteiger partial charge in [0.05, 0.1) is 5.41 Å². The van der Waals surface area contributed by atoms with Gasteiger partial charge in [0.1, 0.15) is 12.2 Å². The summed E-state index contributed by atoms with van der Waals surface area (Å²) in [6.07, 6.45) is 12.4. The monoisotopic (exact) mass is 336 g/mol. The van der Waals surface area contributed by atoms with E-state index in [-0.39, 0.29) is 0 Å². The summed E-state index contributed by atoms with van der Waals surface area (Å²) in [4.78, 5) is 25.8. The van der Waals surface area contributed by atoms with Crippen molar-refractivity contribution in [1.82, 2.24) is 0 Å². The lowest BCUT2D eigenvalue weighted by molar-refractivity contribution is -0.150. The quantitative estimate of drug-likeness (QED) is 0.727. The van der Waals surface area contributed by atoms with Gasteiger partial charge in [-0.15, -0.1) is 0 Å². The first-order valence-corrected chi connectivity index (χ1v) is 8.47. The van der Waals surface area contributed by atoms with Gasteiger partial charge < -0.3 is 10.2 Å². The summed E-state index contributed by atoms with van der Waals surface area (Å²) < 4.78 is 0. The highest BCUT2D eigenvalue weighted by Crippen LogP contribution is 2.42. The molecule has 0 saturated heterocycles. The molecule has 0 fully saturated rings. The standard InChI is InChI=1S/C21H20O4/c1-21(2,19(24)17(22)15-11-3-4-12(15)6-5-11)20(25)18(23)16-13-7-8-14(16)10-9-13/h3-10,15-18,22-23H,1-2H3. The average molecular weight is 336 g/mol. The van der Waals surface area contributed by atoms with Crippen LogP contribution in [0.4, 0.5) is 0 Å². The Labute approximate surface area is 146 Å². The van der Waals surface area contributed by atoms with Crippen LogP contribution in [-0.4, -0.2) is 34.0 Å². The number of aliphatic hydroxyl groups excluding tert-OH is 2. The maximum absolute atomic E-state index is 12.9. The number of ketones is 2. The molecule has 4 bridgehead atoms. The molecule has 0 aromatic rings. The number of fused-ring (bicyclic) bond motifs is 4. The van der Waals surface area contributed by atoms with Crippen LogP contribution >= 0.6 is 0 Å². The molecule has 2 unspecified atom stereocenters. The van der Waals surface area contributed by atoms with E-state index in [1.165, 1.54) is 13.8 Å². The topological polar surface area (TPSA) is 74.6 Å². The van der Waals surface area contributed by atoms with Crippen molar-refractivity contribution in [3.05, 3.63) is 70.9 Å². The highest BCUT2D eigenvalue weighted by atomic mass is 16.3. The summed E-state index contributed by atoms with van der Waals surface area (Å²) in [6, 6.07) is 0. The third-order valence-electron chi connectivity index (χ3n) is 5.71. The van der Waals surface area contributed by atoms with Gasteiger partial charge in [0.2, 0.25) is 0 Å². The number of carbonyl (C=O) groups is 2. The Morgan fingerprint density at radius 3 is 1.28 bits per heavy atom. The van der Waals surface area contributed by atoms with Gasteiger partial charge in [0.15, 0.2) is 11.6 Å². The molecule has 4 rings (SSSR count). The van der Waals surface area contributed by atoms with Gasteiger partial charge in [-0.2, -0.15) is 0 Å². The molecule has 0 aliphatic heterocycles. The van der Waals surface area contributed by atoms with E-state index in [1.54, 1.807) is 0 Å². The Morgan fingerprint density at radius 2 is 1.04 bits per heavy atom. The fourth-order valence-corrected chi connectivity index (χ4v) is 4.10. The second-order valence-corrected chi connectivity index (χ2v) is 7.53. The van der Waals surface area contributed by atoms with Gasteiger partial charge in [0, 0.05) is 11.8 Å². The van der Waals surface area contributed by atoms with Crippen molar-refractivity contribution in [2.24, 2.45) is 17.3 Å². The van der Waals surface area contributed by atoms with Crippen molar-refractivity contribution in [2.75, 3.05) is 0 Å². The Bertz CT molecular complexity index is 746. The minimum Gasteiger partial charge on any atom is -0.384 e. The molecule has 0 amide bonds. The molecular weight excluding hydrogens is 316 g/mol. The summed E-state index contributed by atoms with van der Waals surface area (Å²) in [5, 5.41) is 21.2. The Balaban J connectivity index is 1.53. The number of hydrogen-bond acceptors (Lipinski definition) is 4. The van der Waals surface area contributed by atoms with Gasteiger partial charge in [-0.05, 0) is 36.1 Å². The molecule has 25 heavy (non-hydrogen) atoms. The van der Waals surface area contributed by atoms with E-state index in [0.717, 1.165) is 22.3 Å². The Kier molecular flexibility index (Phi) is 3.46. The van der Waals surface area contributed by atoms with E-state index in [9.17, 15) is 19.8 Å². The maximum Gasteiger partial charge on any atom is 0.175 e. The van der Waals surface area contributed by atoms with E-state index < -0.39 is 41.0 Å². The highest BCUT2D eigenvalue weighted by molar-refractivity contribution is 6.10. The zero-order valence-corrected chi connectivity index (χ0v) is 14.1. The van der Waals surface area contributed by atoms with Crippen LogP contribution in [0.3, 0.4) is 0 Å². The predicted molar refractivity (Wildman–Crippen MR) is 93.4 cm³/mol. The molecule has 4 aliphatic carbocycles. The van der Waals surface area contributed by atoms with Gasteiger partial charge in [-0.25, -0.2) is 0 Å². The third-order valence-corrected chi connectivity index (χ3v) is 5.71. The molecule has 0 radical (unpaired) electrons. The summed E-state index contributed by atoms with van der Waals surface area (Å²) in [6.45, 7) is 2.98. The van der Waals surface area contributed by atoms with Crippen LogP contribution in [0.2, 0.25) is 0 Å². The molecule has 0 saturated carbocycles. The van der Waals surface area contributed by atoms with Crippen molar-refractivity contribution in [2.45, 2.75) is 26.1 Å². The summed E-state index contributed by atoms with van der Waals surface area (Å²) in [5.41, 5.74) is 2.06. The van der Waals surface area contributed by atoms with Crippen LogP contribution in [0.15, 0.2) is 70.9 Å². The summed E-state index contributed by atoms with van der Waals surface area (Å²) in [5.74, 6) is -1.90. The van der Waals surface area contributed by atoms with Gasteiger partial charge in [0.25, 0.3) is 0 Å². The van der Waals surface area contributed by atoms with E-state index >= 15 is 0 Å². The van der Waals surface area contributed by atoms with Crippen LogP contribution in [0.5, 0.6) is 0 Å². The Morgan fingerprint density at radius 1 is 0.760 bits per heavy atom. The van der Waals surface area contributed by atoms with E-state index in [2.05, 4.69) is 0 Å². The van der Waals surface area contributed by atoms with Crippen LogP contribution in [-0.2, 0) is 9.59 Å². The van der Waals surface area contributed by atoms with E-state index in [0.29, 0.717) is 0 Å². The van der Waals surface area contributed by atoms with Crippen molar-refractivity contribution in [3.63, 3.8) is 0 Å². The van der Waals surface area contributed by atoms with Crippen molar-refractivity contribution in [1.29, 1.82) is 0 Å². The van der Waals surface area contributed by atoms with Gasteiger partial charge >= 0.3 is 0 Å². The number of allylic oxidation sites excluding steroid dienone is 8. The number of hydrogen-bond donors (Lipinski definition) is 2. The van der Waals surface area contributed by atoms with Crippen LogP contribution in [0.1, 0.15) is 13.8 Å². The number of rotatable bonds is 6. The molecular formula is C21H20O4. The predicted octanol–water partition coefficient (Wildman–Crippen LogP) is 1.98. The minimum absolute atomic E-state index is 0.397. The molecule has 0 aromatic heterocycles. The third kappa shape index (κ3) is 2.21. The molecule has 128 valence electrons. The lowest BCUT2D eigenvalue weighted by atomic mass is 9.73.